The molecule has 28 heavy (non-hydrogen) atoms. The average molecular weight is 384 g/mol. The molecule has 1 fully saturated rings. The van der Waals surface area contributed by atoms with E-state index in [0.717, 1.165) is 43.9 Å². The van der Waals surface area contributed by atoms with E-state index >= 15 is 0 Å². The molecule has 150 valence electrons. The Morgan fingerprint density at radius 2 is 2.00 bits per heavy atom. The van der Waals surface area contributed by atoms with Crippen LogP contribution in [-0.2, 0) is 13.0 Å². The van der Waals surface area contributed by atoms with E-state index in [9.17, 15) is 0 Å². The number of aryl methyl sites for hydroxylation is 1. The standard InChI is InChI=1S/C19H28N8O/c1-13(2)10-15-4-5-16(19(20)24-25-21)17(11-15)27-8-6-26(7-9-27)12-18-23-22-14(3)28-18/h4-5,11,13H,6-10,12H2,1-3H3,(H3,20,21,24). The molecule has 2 heterocycles. The Hall–Kier alpha value is -2.81. The molecule has 0 bridgehead atoms. The van der Waals surface area contributed by atoms with Crippen LogP contribution in [0.15, 0.2) is 33.0 Å². The number of nitrogens with zero attached hydrogens (tertiary/aromatic N) is 6. The molecule has 1 aromatic heterocycles. The maximum atomic E-state index is 8.19. The van der Waals surface area contributed by atoms with Crippen LogP contribution in [0.5, 0.6) is 0 Å². The van der Waals surface area contributed by atoms with Crippen molar-refractivity contribution in [3.05, 3.63) is 41.1 Å². The Kier molecular flexibility index (Phi) is 6.35. The first kappa shape index (κ1) is 19.9. The predicted octanol–water partition coefficient (Wildman–Crippen LogP) is 2.55. The topological polar surface area (TPSA) is 120 Å². The van der Waals surface area contributed by atoms with Gasteiger partial charge in [-0.05, 0) is 30.0 Å². The normalized spacial score (nSPS) is 15.6. The van der Waals surface area contributed by atoms with Gasteiger partial charge >= 0.3 is 0 Å². The third-order valence-corrected chi connectivity index (χ3v) is 4.76. The van der Waals surface area contributed by atoms with Crippen molar-refractivity contribution in [2.24, 2.45) is 22.1 Å². The molecule has 1 saturated heterocycles. The van der Waals surface area contributed by atoms with E-state index in [0.29, 0.717) is 24.2 Å². The van der Waals surface area contributed by atoms with Gasteiger partial charge in [-0.2, -0.15) is 0 Å². The minimum Gasteiger partial charge on any atom is -0.424 e. The average Bonchev–Trinajstić information content (AvgIpc) is 3.07. The summed E-state index contributed by atoms with van der Waals surface area (Å²) in [5, 5.41) is 23.2. The number of hydrogen-bond donors (Lipinski definition) is 2. The lowest BCUT2D eigenvalue weighted by atomic mass is 9.99. The molecule has 1 aliphatic rings. The maximum absolute atomic E-state index is 8.19. The van der Waals surface area contributed by atoms with Crippen molar-refractivity contribution in [2.45, 2.75) is 33.7 Å². The van der Waals surface area contributed by atoms with Gasteiger partial charge in [0.15, 0.2) is 5.84 Å². The second-order valence-electron chi connectivity index (χ2n) is 7.49. The number of rotatable bonds is 6. The van der Waals surface area contributed by atoms with Gasteiger partial charge < -0.3 is 15.2 Å². The Labute approximate surface area is 165 Å². The SMILES string of the molecule is Cc1nnc(CN2CCN(c3cc(CC(C)C)ccc3C(=N)N=NN)CC2)o1. The molecule has 0 atom stereocenters. The molecule has 3 rings (SSSR count). The number of aromatic nitrogens is 2. The van der Waals surface area contributed by atoms with Crippen LogP contribution in [0.3, 0.4) is 0 Å². The van der Waals surface area contributed by atoms with Gasteiger partial charge in [0.2, 0.25) is 11.8 Å². The number of hydrogen-bond acceptors (Lipinski definition) is 7. The number of piperazine rings is 1. The van der Waals surface area contributed by atoms with Gasteiger partial charge in [-0.25, -0.2) is 0 Å². The monoisotopic (exact) mass is 384 g/mol. The second-order valence-corrected chi connectivity index (χ2v) is 7.49. The highest BCUT2D eigenvalue weighted by Crippen LogP contribution is 2.26. The molecule has 0 amide bonds. The Morgan fingerprint density at radius 1 is 1.25 bits per heavy atom. The summed E-state index contributed by atoms with van der Waals surface area (Å²) in [6.45, 7) is 10.3. The Bertz CT molecular complexity index is 836. The highest BCUT2D eigenvalue weighted by atomic mass is 16.4. The smallest absolute Gasteiger partial charge is 0.230 e. The lowest BCUT2D eigenvalue weighted by Gasteiger charge is -2.36. The van der Waals surface area contributed by atoms with Gasteiger partial charge in [0.25, 0.3) is 0 Å². The fraction of sp³-hybridized carbons (Fsp3) is 0.526. The third-order valence-electron chi connectivity index (χ3n) is 4.76. The first-order valence-corrected chi connectivity index (χ1v) is 9.55. The fourth-order valence-electron chi connectivity index (χ4n) is 3.49. The lowest BCUT2D eigenvalue weighted by Crippen LogP contribution is -2.46. The molecule has 9 heteroatoms. The predicted molar refractivity (Wildman–Crippen MR) is 107 cm³/mol. The molecule has 1 aromatic carbocycles. The van der Waals surface area contributed by atoms with Crippen LogP contribution in [0, 0.1) is 18.3 Å². The first-order chi connectivity index (χ1) is 13.5. The summed E-state index contributed by atoms with van der Waals surface area (Å²) < 4.78 is 5.49. The van der Waals surface area contributed by atoms with E-state index in [2.05, 4.69) is 56.3 Å². The van der Waals surface area contributed by atoms with Crippen molar-refractivity contribution in [1.82, 2.24) is 15.1 Å². The van der Waals surface area contributed by atoms with Gasteiger partial charge in [-0.15, -0.1) is 15.3 Å². The van der Waals surface area contributed by atoms with Crippen LogP contribution >= 0.6 is 0 Å². The van der Waals surface area contributed by atoms with Crippen LogP contribution in [0.1, 0.15) is 36.8 Å². The number of nitrogens with two attached hydrogens (primary N) is 1. The van der Waals surface area contributed by atoms with E-state index in [1.54, 1.807) is 6.92 Å². The minimum atomic E-state index is 0.0809. The van der Waals surface area contributed by atoms with E-state index in [1.165, 1.54) is 5.56 Å². The number of benzene rings is 1. The number of anilines is 1. The zero-order chi connectivity index (χ0) is 20.1. The number of nitrogens with one attached hydrogen (secondary N) is 1. The molecule has 0 saturated carbocycles. The quantitative estimate of drug-likeness (QED) is 0.260. The molecule has 0 aliphatic carbocycles. The Balaban J connectivity index is 1.74. The van der Waals surface area contributed by atoms with Crippen LogP contribution in [0.2, 0.25) is 0 Å². The Morgan fingerprint density at radius 3 is 2.61 bits per heavy atom. The molecule has 1 aliphatic heterocycles. The van der Waals surface area contributed by atoms with Crippen LogP contribution in [0.25, 0.3) is 0 Å². The summed E-state index contributed by atoms with van der Waals surface area (Å²) in [5.41, 5.74) is 3.03. The van der Waals surface area contributed by atoms with Crippen molar-refractivity contribution in [3.63, 3.8) is 0 Å². The highest BCUT2D eigenvalue weighted by Gasteiger charge is 2.22. The summed E-state index contributed by atoms with van der Waals surface area (Å²) in [5.74, 6) is 7.05. The molecular weight excluding hydrogens is 356 g/mol. The summed E-state index contributed by atoms with van der Waals surface area (Å²) >= 11 is 0. The van der Waals surface area contributed by atoms with Crippen molar-refractivity contribution in [3.8, 4) is 0 Å². The molecule has 9 nitrogen and oxygen atoms in total. The third kappa shape index (κ3) is 4.92. The summed E-state index contributed by atoms with van der Waals surface area (Å²) in [4.78, 5) is 4.60. The van der Waals surface area contributed by atoms with Crippen LogP contribution in [-0.4, -0.2) is 47.1 Å². The second kappa shape index (κ2) is 8.92. The van der Waals surface area contributed by atoms with Crippen molar-refractivity contribution in [2.75, 3.05) is 31.1 Å². The minimum absolute atomic E-state index is 0.0809. The van der Waals surface area contributed by atoms with E-state index in [1.807, 2.05) is 6.07 Å². The van der Waals surface area contributed by atoms with Crippen molar-refractivity contribution in [1.29, 1.82) is 5.41 Å². The molecule has 2 aromatic rings. The first-order valence-electron chi connectivity index (χ1n) is 9.55. The molecule has 0 unspecified atom stereocenters. The zero-order valence-electron chi connectivity index (χ0n) is 16.7. The summed E-state index contributed by atoms with van der Waals surface area (Å²) in [6, 6.07) is 6.19. The lowest BCUT2D eigenvalue weighted by molar-refractivity contribution is 0.225. The van der Waals surface area contributed by atoms with Crippen LogP contribution < -0.4 is 10.7 Å². The summed E-state index contributed by atoms with van der Waals surface area (Å²) in [7, 11) is 0. The van der Waals surface area contributed by atoms with Crippen LogP contribution in [0.4, 0.5) is 5.69 Å². The van der Waals surface area contributed by atoms with Crippen molar-refractivity contribution >= 4 is 11.5 Å². The largest absolute Gasteiger partial charge is 0.424 e. The highest BCUT2D eigenvalue weighted by molar-refractivity contribution is 6.02. The van der Waals surface area contributed by atoms with E-state index in [-0.39, 0.29) is 5.84 Å². The van der Waals surface area contributed by atoms with Crippen molar-refractivity contribution < 1.29 is 4.42 Å². The van der Waals surface area contributed by atoms with Gasteiger partial charge in [0.1, 0.15) is 0 Å². The zero-order valence-corrected chi connectivity index (χ0v) is 16.7. The molecular formula is C19H28N8O. The molecule has 0 radical (unpaired) electrons. The fourth-order valence-corrected chi connectivity index (χ4v) is 3.49. The van der Waals surface area contributed by atoms with Gasteiger partial charge in [-0.3, -0.25) is 10.3 Å². The van der Waals surface area contributed by atoms with Gasteiger partial charge in [-0.1, -0.05) is 25.1 Å². The van der Waals surface area contributed by atoms with Gasteiger partial charge in [0.05, 0.1) is 6.54 Å². The maximum Gasteiger partial charge on any atom is 0.230 e. The van der Waals surface area contributed by atoms with E-state index in [4.69, 9.17) is 15.7 Å². The molecule has 0 spiro atoms. The number of amidine groups is 1. The van der Waals surface area contributed by atoms with Gasteiger partial charge in [0, 0.05) is 44.4 Å². The molecule has 3 N–H and O–H groups in total. The van der Waals surface area contributed by atoms with E-state index < -0.39 is 0 Å². The summed E-state index contributed by atoms with van der Waals surface area (Å²) in [6.07, 6.45) is 0.996.